The number of rotatable bonds is 2. The molecular weight excluding hydrogens is 363 g/mol. The number of nitrogens with two attached hydrogens (primary N) is 1. The van der Waals surface area contributed by atoms with Crippen molar-refractivity contribution in [1.29, 1.82) is 0 Å². The van der Waals surface area contributed by atoms with E-state index in [1.54, 1.807) is 24.3 Å². The molecule has 0 aromatic heterocycles. The molecule has 0 radical (unpaired) electrons. The largest absolute Gasteiger partial charge is 0.397 e. The molecule has 0 bridgehead atoms. The van der Waals surface area contributed by atoms with Crippen LogP contribution >= 0.6 is 39.1 Å². The molecule has 2 aromatic carbocycles. The van der Waals surface area contributed by atoms with Gasteiger partial charge in [0.25, 0.3) is 5.91 Å². The predicted octanol–water partition coefficient (Wildman–Crippen LogP) is 4.90. The van der Waals surface area contributed by atoms with Crippen molar-refractivity contribution in [1.82, 2.24) is 0 Å². The van der Waals surface area contributed by atoms with Gasteiger partial charge in [0.15, 0.2) is 0 Å². The molecule has 0 unspecified atom stereocenters. The summed E-state index contributed by atoms with van der Waals surface area (Å²) in [6.07, 6.45) is 0. The number of halogens is 3. The van der Waals surface area contributed by atoms with Gasteiger partial charge in [0.05, 0.1) is 27.0 Å². The highest BCUT2D eigenvalue weighted by Gasteiger charge is 2.17. The van der Waals surface area contributed by atoms with Crippen LogP contribution in [-0.2, 0) is 0 Å². The van der Waals surface area contributed by atoms with Crippen LogP contribution in [0.4, 0.5) is 11.4 Å². The highest BCUT2D eigenvalue weighted by atomic mass is 79.9. The van der Waals surface area contributed by atoms with Crippen LogP contribution in [0, 0.1) is 6.92 Å². The minimum atomic E-state index is -0.406. The summed E-state index contributed by atoms with van der Waals surface area (Å²) in [5, 5.41) is 3.30. The molecule has 3 N–H and O–H groups in total. The number of nitrogens with one attached hydrogen (secondary N) is 1. The number of anilines is 2. The van der Waals surface area contributed by atoms with Gasteiger partial charge in [0.1, 0.15) is 0 Å². The van der Waals surface area contributed by atoms with Crippen molar-refractivity contribution < 1.29 is 4.79 Å². The van der Waals surface area contributed by atoms with Gasteiger partial charge in [-0.2, -0.15) is 0 Å². The van der Waals surface area contributed by atoms with Gasteiger partial charge < -0.3 is 11.1 Å². The van der Waals surface area contributed by atoms with E-state index in [1.165, 1.54) is 0 Å². The number of carbonyl (C=O) groups excluding carboxylic acids is 1. The Kier molecular flexibility index (Phi) is 4.58. The van der Waals surface area contributed by atoms with E-state index in [9.17, 15) is 4.79 Å². The number of amides is 1. The number of carbonyl (C=O) groups is 1. The number of hydrogen-bond donors (Lipinski definition) is 2. The third kappa shape index (κ3) is 3.08. The second kappa shape index (κ2) is 6.04. The summed E-state index contributed by atoms with van der Waals surface area (Å²) in [6.45, 7) is 1.91. The van der Waals surface area contributed by atoms with Crippen LogP contribution in [0.3, 0.4) is 0 Å². The first-order chi connectivity index (χ1) is 9.40. The predicted molar refractivity (Wildman–Crippen MR) is 87.7 cm³/mol. The van der Waals surface area contributed by atoms with E-state index >= 15 is 0 Å². The summed E-state index contributed by atoms with van der Waals surface area (Å²) >= 11 is 15.4. The first kappa shape index (κ1) is 15.2. The zero-order valence-electron chi connectivity index (χ0n) is 10.5. The van der Waals surface area contributed by atoms with E-state index < -0.39 is 5.91 Å². The maximum absolute atomic E-state index is 12.3. The normalized spacial score (nSPS) is 10.4. The Bertz CT molecular complexity index is 646. The Morgan fingerprint density at radius 3 is 2.40 bits per heavy atom. The third-order valence-corrected chi connectivity index (χ3v) is 3.95. The molecule has 0 aliphatic carbocycles. The average molecular weight is 374 g/mol. The molecule has 3 nitrogen and oxygen atoms in total. The maximum atomic E-state index is 12.3. The van der Waals surface area contributed by atoms with Gasteiger partial charge >= 0.3 is 0 Å². The van der Waals surface area contributed by atoms with Gasteiger partial charge in [-0.25, -0.2) is 0 Å². The second-order valence-electron chi connectivity index (χ2n) is 4.26. The van der Waals surface area contributed by atoms with E-state index in [2.05, 4.69) is 21.2 Å². The Labute approximate surface area is 135 Å². The molecular formula is C14H11BrCl2N2O. The molecule has 0 atom stereocenters. The zero-order chi connectivity index (χ0) is 14.9. The van der Waals surface area contributed by atoms with Gasteiger partial charge in [-0.3, -0.25) is 4.79 Å². The highest BCUT2D eigenvalue weighted by molar-refractivity contribution is 9.10. The van der Waals surface area contributed by atoms with Crippen LogP contribution in [0.15, 0.2) is 34.8 Å². The molecule has 0 saturated heterocycles. The molecule has 0 spiro atoms. The number of nitrogen functional groups attached to an aromatic ring is 1. The first-order valence-corrected chi connectivity index (χ1v) is 7.26. The molecule has 0 aliphatic rings. The molecule has 104 valence electrons. The van der Waals surface area contributed by atoms with Crippen LogP contribution in [0.5, 0.6) is 0 Å². The van der Waals surface area contributed by atoms with Crippen LogP contribution < -0.4 is 11.1 Å². The van der Waals surface area contributed by atoms with Gasteiger partial charge in [-0.05, 0) is 52.7 Å². The monoisotopic (exact) mass is 372 g/mol. The fourth-order valence-electron chi connectivity index (χ4n) is 1.79. The Morgan fingerprint density at radius 1 is 1.25 bits per heavy atom. The summed E-state index contributed by atoms with van der Waals surface area (Å²) in [6, 6.07) is 8.53. The Morgan fingerprint density at radius 2 is 1.85 bits per heavy atom. The van der Waals surface area contributed by atoms with Crippen molar-refractivity contribution in [2.24, 2.45) is 0 Å². The molecule has 0 heterocycles. The van der Waals surface area contributed by atoms with Crippen molar-refractivity contribution in [3.05, 3.63) is 56.0 Å². The van der Waals surface area contributed by atoms with Crippen LogP contribution in [0.1, 0.15) is 15.9 Å². The lowest BCUT2D eigenvalue weighted by molar-refractivity contribution is 0.102. The maximum Gasteiger partial charge on any atom is 0.258 e. The highest BCUT2D eigenvalue weighted by Crippen LogP contribution is 2.32. The van der Waals surface area contributed by atoms with Crippen LogP contribution in [0.2, 0.25) is 10.0 Å². The van der Waals surface area contributed by atoms with Crippen molar-refractivity contribution in [3.63, 3.8) is 0 Å². The summed E-state index contributed by atoms with van der Waals surface area (Å²) in [5.74, 6) is -0.406. The van der Waals surface area contributed by atoms with E-state index in [0.717, 1.165) is 5.56 Å². The molecule has 0 saturated carbocycles. The number of hydrogen-bond acceptors (Lipinski definition) is 2. The van der Waals surface area contributed by atoms with Crippen molar-refractivity contribution in [2.75, 3.05) is 11.1 Å². The Hall–Kier alpha value is -1.23. The van der Waals surface area contributed by atoms with E-state index in [1.807, 2.05) is 13.0 Å². The lowest BCUT2D eigenvalue weighted by Gasteiger charge is -2.13. The first-order valence-electron chi connectivity index (χ1n) is 5.71. The van der Waals surface area contributed by atoms with Gasteiger partial charge in [-0.1, -0.05) is 29.3 Å². The quantitative estimate of drug-likeness (QED) is 0.735. The topological polar surface area (TPSA) is 55.1 Å². The fourth-order valence-corrected chi connectivity index (χ4v) is 3.05. The Balaban J connectivity index is 2.38. The second-order valence-corrected chi connectivity index (χ2v) is 5.93. The lowest BCUT2D eigenvalue weighted by atomic mass is 10.1. The van der Waals surface area contributed by atoms with Crippen LogP contribution in [0.25, 0.3) is 0 Å². The SMILES string of the molecule is Cc1cc(N)c(NC(=O)c2c(Cl)cccc2Cl)c(Br)c1. The average Bonchev–Trinajstić information content (AvgIpc) is 2.33. The molecule has 0 fully saturated rings. The molecule has 1 amide bonds. The van der Waals surface area contributed by atoms with Gasteiger partial charge in [-0.15, -0.1) is 0 Å². The molecule has 0 aliphatic heterocycles. The van der Waals surface area contributed by atoms with Gasteiger partial charge in [0, 0.05) is 4.47 Å². The minimum absolute atomic E-state index is 0.225. The smallest absolute Gasteiger partial charge is 0.258 e. The van der Waals surface area contributed by atoms with Crippen molar-refractivity contribution >= 4 is 56.4 Å². The lowest BCUT2D eigenvalue weighted by Crippen LogP contribution is -2.15. The van der Waals surface area contributed by atoms with Crippen LogP contribution in [-0.4, -0.2) is 5.91 Å². The molecule has 2 rings (SSSR count). The van der Waals surface area contributed by atoms with E-state index in [4.69, 9.17) is 28.9 Å². The zero-order valence-corrected chi connectivity index (χ0v) is 13.6. The number of benzene rings is 2. The van der Waals surface area contributed by atoms with Gasteiger partial charge in [0.2, 0.25) is 0 Å². The third-order valence-electron chi connectivity index (χ3n) is 2.69. The van der Waals surface area contributed by atoms with Crippen molar-refractivity contribution in [3.8, 4) is 0 Å². The minimum Gasteiger partial charge on any atom is -0.397 e. The summed E-state index contributed by atoms with van der Waals surface area (Å²) in [5.41, 5.74) is 8.09. The standard InChI is InChI=1S/C14H11BrCl2N2O/c1-7-5-8(15)13(11(18)6-7)19-14(20)12-9(16)3-2-4-10(12)17/h2-6H,18H2,1H3,(H,19,20). The van der Waals surface area contributed by atoms with Crippen molar-refractivity contribution in [2.45, 2.75) is 6.92 Å². The number of aryl methyl sites for hydroxylation is 1. The summed E-state index contributed by atoms with van der Waals surface area (Å²) in [7, 11) is 0. The summed E-state index contributed by atoms with van der Waals surface area (Å²) < 4.78 is 0.700. The van der Waals surface area contributed by atoms with E-state index in [0.29, 0.717) is 15.8 Å². The van der Waals surface area contributed by atoms with E-state index in [-0.39, 0.29) is 15.6 Å². The molecule has 2 aromatic rings. The summed E-state index contributed by atoms with van der Waals surface area (Å²) in [4.78, 5) is 12.3. The molecule has 20 heavy (non-hydrogen) atoms. The molecule has 6 heteroatoms. The fraction of sp³-hybridized carbons (Fsp3) is 0.0714.